The van der Waals surface area contributed by atoms with Crippen molar-refractivity contribution in [1.82, 2.24) is 0 Å². The largest absolute Gasteiger partial charge is 0.493 e. The predicted molar refractivity (Wildman–Crippen MR) is 81.1 cm³/mol. The van der Waals surface area contributed by atoms with Crippen LogP contribution in [0.15, 0.2) is 36.4 Å². The van der Waals surface area contributed by atoms with Crippen molar-refractivity contribution in [3.05, 3.63) is 42.0 Å². The molecule has 0 N–H and O–H groups in total. The van der Waals surface area contributed by atoms with E-state index in [2.05, 4.69) is 0 Å². The van der Waals surface area contributed by atoms with Crippen LogP contribution in [0.5, 0.6) is 5.75 Å². The maximum atomic E-state index is 13.1. The van der Waals surface area contributed by atoms with Crippen LogP contribution in [0.2, 0.25) is 0 Å². The fourth-order valence-corrected chi connectivity index (χ4v) is 3.19. The molecule has 2 aromatic rings. The Balaban J connectivity index is 1.89. The Kier molecular flexibility index (Phi) is 3.58. The molecule has 118 valence electrons. The number of hydrogen-bond donors (Lipinski definition) is 0. The van der Waals surface area contributed by atoms with E-state index in [1.807, 2.05) is 36.4 Å². The van der Waals surface area contributed by atoms with Gasteiger partial charge in [0.1, 0.15) is 5.75 Å². The summed E-state index contributed by atoms with van der Waals surface area (Å²) < 4.78 is 45.0. The minimum absolute atomic E-state index is 0.0825. The average molecular weight is 308 g/mol. The topological polar surface area (TPSA) is 9.23 Å². The van der Waals surface area contributed by atoms with E-state index in [0.29, 0.717) is 13.0 Å². The molecule has 0 spiro atoms. The SMILES string of the molecule is CC(C)(C[C@H]1COc2ccc3ccccc3c2C1)C(F)(F)F. The van der Waals surface area contributed by atoms with E-state index in [1.54, 1.807) is 0 Å². The van der Waals surface area contributed by atoms with Gasteiger partial charge in [-0.05, 0) is 35.6 Å². The second-order valence-electron chi connectivity index (χ2n) is 6.73. The van der Waals surface area contributed by atoms with Crippen LogP contribution in [0, 0.1) is 11.3 Å². The fraction of sp³-hybridized carbons (Fsp3) is 0.444. The van der Waals surface area contributed by atoms with Crippen LogP contribution in [-0.4, -0.2) is 12.8 Å². The van der Waals surface area contributed by atoms with Gasteiger partial charge in [-0.15, -0.1) is 0 Å². The van der Waals surface area contributed by atoms with Gasteiger partial charge in [-0.2, -0.15) is 13.2 Å². The smallest absolute Gasteiger partial charge is 0.393 e. The van der Waals surface area contributed by atoms with E-state index in [4.69, 9.17) is 4.74 Å². The maximum Gasteiger partial charge on any atom is 0.393 e. The summed E-state index contributed by atoms with van der Waals surface area (Å²) in [5.41, 5.74) is -0.657. The molecule has 0 unspecified atom stereocenters. The molecule has 2 aromatic carbocycles. The van der Waals surface area contributed by atoms with Crippen molar-refractivity contribution in [3.8, 4) is 5.75 Å². The molecule has 0 aromatic heterocycles. The summed E-state index contributed by atoms with van der Waals surface area (Å²) in [4.78, 5) is 0. The van der Waals surface area contributed by atoms with Gasteiger partial charge in [0.15, 0.2) is 0 Å². The first-order valence-electron chi connectivity index (χ1n) is 7.48. The first-order valence-corrected chi connectivity index (χ1v) is 7.48. The Labute approximate surface area is 128 Å². The van der Waals surface area contributed by atoms with Crippen molar-refractivity contribution in [2.24, 2.45) is 11.3 Å². The molecule has 0 fully saturated rings. The number of fused-ring (bicyclic) bond motifs is 3. The lowest BCUT2D eigenvalue weighted by atomic mass is 9.79. The van der Waals surface area contributed by atoms with E-state index < -0.39 is 11.6 Å². The van der Waals surface area contributed by atoms with E-state index in [9.17, 15) is 13.2 Å². The molecule has 1 heterocycles. The minimum atomic E-state index is -4.19. The molecule has 0 saturated heterocycles. The van der Waals surface area contributed by atoms with Gasteiger partial charge >= 0.3 is 6.18 Å². The van der Waals surface area contributed by atoms with Gasteiger partial charge in [0.2, 0.25) is 0 Å². The number of rotatable bonds is 2. The predicted octanol–water partition coefficient (Wildman–Crippen LogP) is 5.37. The molecule has 1 aliphatic rings. The number of hydrogen-bond acceptors (Lipinski definition) is 1. The van der Waals surface area contributed by atoms with Crippen LogP contribution in [0.1, 0.15) is 25.8 Å². The van der Waals surface area contributed by atoms with Crippen molar-refractivity contribution in [2.45, 2.75) is 32.9 Å². The maximum absolute atomic E-state index is 13.1. The fourth-order valence-electron chi connectivity index (χ4n) is 3.19. The molecule has 0 amide bonds. The zero-order valence-electron chi connectivity index (χ0n) is 12.7. The Morgan fingerprint density at radius 2 is 1.82 bits per heavy atom. The number of halogens is 3. The highest BCUT2D eigenvalue weighted by molar-refractivity contribution is 5.87. The second-order valence-corrected chi connectivity index (χ2v) is 6.73. The van der Waals surface area contributed by atoms with Gasteiger partial charge in [-0.25, -0.2) is 0 Å². The summed E-state index contributed by atoms with van der Waals surface area (Å²) in [7, 11) is 0. The first kappa shape index (κ1) is 15.2. The van der Waals surface area contributed by atoms with Crippen LogP contribution >= 0.6 is 0 Å². The van der Waals surface area contributed by atoms with Crippen molar-refractivity contribution < 1.29 is 17.9 Å². The van der Waals surface area contributed by atoms with Gasteiger partial charge in [0.25, 0.3) is 0 Å². The van der Waals surface area contributed by atoms with Crippen LogP contribution < -0.4 is 4.74 Å². The first-order chi connectivity index (χ1) is 10.3. The van der Waals surface area contributed by atoms with Gasteiger partial charge in [-0.3, -0.25) is 0 Å². The van der Waals surface area contributed by atoms with Gasteiger partial charge in [0, 0.05) is 5.56 Å². The molecule has 0 radical (unpaired) electrons. The van der Waals surface area contributed by atoms with Crippen molar-refractivity contribution in [1.29, 1.82) is 0 Å². The quantitative estimate of drug-likeness (QED) is 0.724. The van der Waals surface area contributed by atoms with Crippen LogP contribution in [0.4, 0.5) is 13.2 Å². The molecule has 3 rings (SSSR count). The zero-order chi connectivity index (χ0) is 16.0. The monoisotopic (exact) mass is 308 g/mol. The normalized spacial score (nSPS) is 18.9. The lowest BCUT2D eigenvalue weighted by Crippen LogP contribution is -2.36. The van der Waals surface area contributed by atoms with E-state index in [0.717, 1.165) is 22.1 Å². The molecule has 4 heteroatoms. The molecule has 1 atom stereocenters. The third-order valence-electron chi connectivity index (χ3n) is 4.53. The van der Waals surface area contributed by atoms with Gasteiger partial charge in [-0.1, -0.05) is 44.2 Å². The van der Waals surface area contributed by atoms with E-state index in [1.165, 1.54) is 13.8 Å². The van der Waals surface area contributed by atoms with Crippen LogP contribution in [-0.2, 0) is 6.42 Å². The molecule has 1 nitrogen and oxygen atoms in total. The molecular formula is C18H19F3O. The number of ether oxygens (including phenoxy) is 1. The molecule has 0 aliphatic carbocycles. The van der Waals surface area contributed by atoms with Crippen LogP contribution in [0.25, 0.3) is 10.8 Å². The number of benzene rings is 2. The molecule has 0 saturated carbocycles. The molecule has 1 aliphatic heterocycles. The highest BCUT2D eigenvalue weighted by Gasteiger charge is 2.48. The summed E-state index contributed by atoms with van der Waals surface area (Å²) in [5, 5.41) is 2.18. The Bertz CT molecular complexity index is 688. The summed E-state index contributed by atoms with van der Waals surface area (Å²) >= 11 is 0. The Morgan fingerprint density at radius 1 is 1.09 bits per heavy atom. The molecule has 22 heavy (non-hydrogen) atoms. The summed E-state index contributed by atoms with van der Waals surface area (Å²) in [5.74, 6) is 0.690. The minimum Gasteiger partial charge on any atom is -0.493 e. The lowest BCUT2D eigenvalue weighted by molar-refractivity contribution is -0.217. The van der Waals surface area contributed by atoms with Crippen molar-refractivity contribution in [3.63, 3.8) is 0 Å². The van der Waals surface area contributed by atoms with Gasteiger partial charge in [0.05, 0.1) is 12.0 Å². The number of alkyl halides is 3. The van der Waals surface area contributed by atoms with E-state index >= 15 is 0 Å². The Hall–Kier alpha value is -1.71. The summed E-state index contributed by atoms with van der Waals surface area (Å²) in [6, 6.07) is 11.8. The third-order valence-corrected chi connectivity index (χ3v) is 4.53. The van der Waals surface area contributed by atoms with Crippen LogP contribution in [0.3, 0.4) is 0 Å². The zero-order valence-corrected chi connectivity index (χ0v) is 12.7. The highest BCUT2D eigenvalue weighted by Crippen LogP contribution is 2.44. The second kappa shape index (κ2) is 5.18. The lowest BCUT2D eigenvalue weighted by Gasteiger charge is -2.34. The highest BCUT2D eigenvalue weighted by atomic mass is 19.4. The Morgan fingerprint density at radius 3 is 2.55 bits per heavy atom. The van der Waals surface area contributed by atoms with Crippen molar-refractivity contribution >= 4 is 10.8 Å². The molecular weight excluding hydrogens is 289 g/mol. The third kappa shape index (κ3) is 2.67. The van der Waals surface area contributed by atoms with Gasteiger partial charge < -0.3 is 4.74 Å². The average Bonchev–Trinajstić information content (AvgIpc) is 2.45. The summed E-state index contributed by atoms with van der Waals surface area (Å²) in [6.45, 7) is 2.89. The van der Waals surface area contributed by atoms with E-state index in [-0.39, 0.29) is 12.3 Å². The van der Waals surface area contributed by atoms with Crippen molar-refractivity contribution in [2.75, 3.05) is 6.61 Å². The molecule has 0 bridgehead atoms. The standard InChI is InChI=1S/C18H19F3O/c1-17(2,18(19,20)21)10-12-9-15-14-6-4-3-5-13(14)7-8-16(15)22-11-12/h3-8,12H,9-11H2,1-2H3/t12-/m0/s1. The summed E-state index contributed by atoms with van der Waals surface area (Å²) in [6.07, 6.45) is -3.47.